The van der Waals surface area contributed by atoms with Crippen molar-refractivity contribution in [3.05, 3.63) is 11.1 Å². The van der Waals surface area contributed by atoms with Gasteiger partial charge in [0, 0.05) is 11.8 Å². The summed E-state index contributed by atoms with van der Waals surface area (Å²) in [4.78, 5) is 0. The highest BCUT2D eigenvalue weighted by molar-refractivity contribution is 7.03. The first-order valence-electron chi connectivity index (χ1n) is 5.21. The quantitative estimate of drug-likeness (QED) is 0.832. The molecule has 3 unspecified atom stereocenters. The Labute approximate surface area is 88.3 Å². The van der Waals surface area contributed by atoms with Crippen LogP contribution in [-0.2, 0) is 6.42 Å². The zero-order valence-corrected chi connectivity index (χ0v) is 9.20. The van der Waals surface area contributed by atoms with E-state index < -0.39 is 0 Å². The zero-order chi connectivity index (χ0) is 9.97. The maximum atomic E-state index is 10.0. The second-order valence-electron chi connectivity index (χ2n) is 4.24. The van der Waals surface area contributed by atoms with Gasteiger partial charge in [-0.2, -0.15) is 0 Å². The van der Waals surface area contributed by atoms with Crippen LogP contribution in [0, 0.1) is 11.8 Å². The SMILES string of the molecule is CC1CCCC1C(O)Cc1csnn1. The van der Waals surface area contributed by atoms with Crippen molar-refractivity contribution in [2.45, 2.75) is 38.7 Å². The molecule has 3 nitrogen and oxygen atoms in total. The minimum Gasteiger partial charge on any atom is -0.392 e. The van der Waals surface area contributed by atoms with Gasteiger partial charge in [-0.05, 0) is 29.8 Å². The molecule has 0 amide bonds. The molecule has 0 spiro atoms. The predicted octanol–water partition coefficient (Wildman–Crippen LogP) is 1.88. The average molecular weight is 212 g/mol. The van der Waals surface area contributed by atoms with Crippen molar-refractivity contribution in [2.75, 3.05) is 0 Å². The predicted molar refractivity (Wildman–Crippen MR) is 56.1 cm³/mol. The fourth-order valence-corrected chi connectivity index (χ4v) is 2.85. The van der Waals surface area contributed by atoms with Crippen LogP contribution in [0.3, 0.4) is 0 Å². The van der Waals surface area contributed by atoms with E-state index in [2.05, 4.69) is 16.5 Å². The molecule has 1 heterocycles. The van der Waals surface area contributed by atoms with Crippen molar-refractivity contribution in [1.82, 2.24) is 9.59 Å². The summed E-state index contributed by atoms with van der Waals surface area (Å²) >= 11 is 1.35. The standard InChI is InChI=1S/C10H16N2OS/c1-7-3-2-4-9(7)10(13)5-8-6-14-12-11-8/h6-7,9-10,13H,2-5H2,1H3. The second kappa shape index (κ2) is 4.36. The largest absolute Gasteiger partial charge is 0.392 e. The van der Waals surface area contributed by atoms with E-state index in [1.807, 2.05) is 5.38 Å². The molecule has 1 N–H and O–H groups in total. The van der Waals surface area contributed by atoms with E-state index in [1.165, 1.54) is 30.8 Å². The molecule has 1 aliphatic carbocycles. The first-order chi connectivity index (χ1) is 6.77. The smallest absolute Gasteiger partial charge is 0.0781 e. The highest BCUT2D eigenvalue weighted by Crippen LogP contribution is 2.34. The Hall–Kier alpha value is -0.480. The zero-order valence-electron chi connectivity index (χ0n) is 8.39. The van der Waals surface area contributed by atoms with Crippen LogP contribution in [0.4, 0.5) is 0 Å². The second-order valence-corrected chi connectivity index (χ2v) is 4.85. The Bertz CT molecular complexity index is 276. The van der Waals surface area contributed by atoms with Gasteiger partial charge in [-0.25, -0.2) is 0 Å². The normalized spacial score (nSPS) is 29.3. The molecule has 0 radical (unpaired) electrons. The van der Waals surface area contributed by atoms with E-state index in [-0.39, 0.29) is 6.10 Å². The molecule has 1 saturated carbocycles. The van der Waals surface area contributed by atoms with Gasteiger partial charge in [0.25, 0.3) is 0 Å². The lowest BCUT2D eigenvalue weighted by molar-refractivity contribution is 0.0893. The number of aromatic nitrogens is 2. The summed E-state index contributed by atoms with van der Waals surface area (Å²) < 4.78 is 3.80. The number of aliphatic hydroxyl groups is 1. The van der Waals surface area contributed by atoms with E-state index in [0.717, 1.165) is 5.69 Å². The van der Waals surface area contributed by atoms with Gasteiger partial charge in [-0.3, -0.25) is 0 Å². The Morgan fingerprint density at radius 1 is 1.64 bits per heavy atom. The van der Waals surface area contributed by atoms with Crippen LogP contribution >= 0.6 is 11.5 Å². The number of hydrogen-bond donors (Lipinski definition) is 1. The highest BCUT2D eigenvalue weighted by atomic mass is 32.1. The fraction of sp³-hybridized carbons (Fsp3) is 0.800. The highest BCUT2D eigenvalue weighted by Gasteiger charge is 2.29. The molecule has 0 saturated heterocycles. The molecule has 0 aliphatic heterocycles. The molecule has 4 heteroatoms. The number of aliphatic hydroxyl groups excluding tert-OH is 1. The van der Waals surface area contributed by atoms with Crippen molar-refractivity contribution in [2.24, 2.45) is 11.8 Å². The third-order valence-corrected chi connectivity index (χ3v) is 3.80. The third-order valence-electron chi connectivity index (χ3n) is 3.25. The van der Waals surface area contributed by atoms with Gasteiger partial charge in [0.2, 0.25) is 0 Å². The van der Waals surface area contributed by atoms with Crippen LogP contribution in [-0.4, -0.2) is 20.8 Å². The lowest BCUT2D eigenvalue weighted by Crippen LogP contribution is -2.24. The topological polar surface area (TPSA) is 46.0 Å². The molecule has 1 aliphatic rings. The van der Waals surface area contributed by atoms with Crippen LogP contribution in [0.2, 0.25) is 0 Å². The molecule has 2 rings (SSSR count). The monoisotopic (exact) mass is 212 g/mol. The molecule has 1 aromatic heterocycles. The Morgan fingerprint density at radius 3 is 3.07 bits per heavy atom. The molecule has 1 fully saturated rings. The lowest BCUT2D eigenvalue weighted by atomic mass is 9.90. The Morgan fingerprint density at radius 2 is 2.50 bits per heavy atom. The van der Waals surface area contributed by atoms with Crippen LogP contribution in [0.1, 0.15) is 31.9 Å². The van der Waals surface area contributed by atoms with E-state index in [4.69, 9.17) is 0 Å². The first-order valence-corrected chi connectivity index (χ1v) is 6.05. The summed E-state index contributed by atoms with van der Waals surface area (Å²) in [5, 5.41) is 15.9. The maximum Gasteiger partial charge on any atom is 0.0781 e. The van der Waals surface area contributed by atoms with E-state index in [0.29, 0.717) is 18.3 Å². The number of hydrogen-bond acceptors (Lipinski definition) is 4. The van der Waals surface area contributed by atoms with Crippen LogP contribution in [0.5, 0.6) is 0 Å². The van der Waals surface area contributed by atoms with Gasteiger partial charge in [0.1, 0.15) is 0 Å². The lowest BCUT2D eigenvalue weighted by Gasteiger charge is -2.21. The van der Waals surface area contributed by atoms with E-state index in [1.54, 1.807) is 0 Å². The molecule has 3 atom stereocenters. The van der Waals surface area contributed by atoms with Crippen molar-refractivity contribution >= 4 is 11.5 Å². The summed E-state index contributed by atoms with van der Waals surface area (Å²) in [5.41, 5.74) is 0.932. The summed E-state index contributed by atoms with van der Waals surface area (Å²) in [6.45, 7) is 2.24. The van der Waals surface area contributed by atoms with Crippen LogP contribution < -0.4 is 0 Å². The van der Waals surface area contributed by atoms with Crippen LogP contribution in [0.15, 0.2) is 5.38 Å². The van der Waals surface area contributed by atoms with Gasteiger partial charge in [-0.1, -0.05) is 24.3 Å². The summed E-state index contributed by atoms with van der Waals surface area (Å²) in [6.07, 6.45) is 4.14. The van der Waals surface area contributed by atoms with E-state index in [9.17, 15) is 5.11 Å². The molecule has 14 heavy (non-hydrogen) atoms. The van der Waals surface area contributed by atoms with Crippen molar-refractivity contribution in [3.8, 4) is 0 Å². The van der Waals surface area contributed by atoms with Crippen LogP contribution in [0.25, 0.3) is 0 Å². The molecular weight excluding hydrogens is 196 g/mol. The van der Waals surface area contributed by atoms with Crippen molar-refractivity contribution < 1.29 is 5.11 Å². The van der Waals surface area contributed by atoms with Gasteiger partial charge < -0.3 is 5.11 Å². The summed E-state index contributed by atoms with van der Waals surface area (Å²) in [6, 6.07) is 0. The molecular formula is C10H16N2OS. The molecule has 0 bridgehead atoms. The van der Waals surface area contributed by atoms with Gasteiger partial charge in [0.15, 0.2) is 0 Å². The Balaban J connectivity index is 1.92. The first kappa shape index (κ1) is 10.1. The molecule has 1 aromatic rings. The van der Waals surface area contributed by atoms with E-state index >= 15 is 0 Å². The fourth-order valence-electron chi connectivity index (χ4n) is 2.38. The van der Waals surface area contributed by atoms with Gasteiger partial charge >= 0.3 is 0 Å². The number of nitrogens with zero attached hydrogens (tertiary/aromatic N) is 2. The number of rotatable bonds is 3. The minimum atomic E-state index is -0.226. The van der Waals surface area contributed by atoms with Gasteiger partial charge in [0.05, 0.1) is 11.8 Å². The summed E-state index contributed by atoms with van der Waals surface area (Å²) in [7, 11) is 0. The molecule has 0 aromatic carbocycles. The maximum absolute atomic E-state index is 10.0. The Kier molecular flexibility index (Phi) is 3.13. The average Bonchev–Trinajstić information content (AvgIpc) is 2.75. The summed E-state index contributed by atoms with van der Waals surface area (Å²) in [5.74, 6) is 1.13. The van der Waals surface area contributed by atoms with Gasteiger partial charge in [-0.15, -0.1) is 5.10 Å². The minimum absolute atomic E-state index is 0.226. The van der Waals surface area contributed by atoms with Crippen molar-refractivity contribution in [1.29, 1.82) is 0 Å². The molecule has 78 valence electrons. The third kappa shape index (κ3) is 2.12. The van der Waals surface area contributed by atoms with Crippen molar-refractivity contribution in [3.63, 3.8) is 0 Å².